The molecule has 2 aromatic rings. The van der Waals surface area contributed by atoms with Crippen LogP contribution in [0.4, 0.5) is 0 Å². The molecule has 2 nitrogen and oxygen atoms in total. The molecule has 84 valence electrons. The Morgan fingerprint density at radius 3 is 2.94 bits per heavy atom. The summed E-state index contributed by atoms with van der Waals surface area (Å²) in [6.07, 6.45) is 3.64. The van der Waals surface area contributed by atoms with Crippen LogP contribution in [-0.2, 0) is 13.5 Å². The molecule has 1 aliphatic rings. The minimum Gasteiger partial charge on any atom is -0.331 e. The highest BCUT2D eigenvalue weighted by Crippen LogP contribution is 2.40. The first-order chi connectivity index (χ1) is 7.79. The van der Waals surface area contributed by atoms with Gasteiger partial charge in [-0.15, -0.1) is 0 Å². The van der Waals surface area contributed by atoms with Crippen molar-refractivity contribution < 1.29 is 0 Å². The fourth-order valence-electron chi connectivity index (χ4n) is 2.25. The lowest BCUT2D eigenvalue weighted by Gasteiger charge is -2.01. The van der Waals surface area contributed by atoms with Crippen LogP contribution in [0.1, 0.15) is 30.1 Å². The summed E-state index contributed by atoms with van der Waals surface area (Å²) in [5, 5.41) is 0. The molecule has 3 heteroatoms. The molecule has 0 atom stereocenters. The number of aryl methyl sites for hydroxylation is 2. The van der Waals surface area contributed by atoms with Crippen molar-refractivity contribution in [3.05, 3.63) is 29.6 Å². The maximum Gasteiger partial charge on any atom is 0.112 e. The van der Waals surface area contributed by atoms with Crippen molar-refractivity contribution in [3.63, 3.8) is 0 Å². The Morgan fingerprint density at radius 1 is 1.44 bits per heavy atom. The quantitative estimate of drug-likeness (QED) is 0.806. The van der Waals surface area contributed by atoms with Crippen molar-refractivity contribution in [2.45, 2.75) is 25.2 Å². The van der Waals surface area contributed by atoms with Crippen molar-refractivity contribution in [2.24, 2.45) is 7.05 Å². The number of benzene rings is 1. The lowest BCUT2D eigenvalue weighted by molar-refractivity contribution is 0.819. The second-order valence-electron chi connectivity index (χ2n) is 4.60. The first-order valence-corrected chi connectivity index (χ1v) is 6.49. The molecule has 0 radical (unpaired) electrons. The molecule has 0 unspecified atom stereocenters. The van der Waals surface area contributed by atoms with E-state index >= 15 is 0 Å². The van der Waals surface area contributed by atoms with Crippen LogP contribution in [-0.4, -0.2) is 15.3 Å². The number of aromatic nitrogens is 2. The Bertz CT molecular complexity index is 526. The van der Waals surface area contributed by atoms with Crippen LogP contribution in [0.25, 0.3) is 11.0 Å². The molecule has 3 rings (SSSR count). The first-order valence-electron chi connectivity index (χ1n) is 5.85. The molecule has 0 aliphatic heterocycles. The third-order valence-electron chi connectivity index (χ3n) is 3.32. The SMILES string of the molecule is Cn1c(C2CC2)nc2ccc(CCS)cc21. The van der Waals surface area contributed by atoms with Crippen molar-refractivity contribution in [1.29, 1.82) is 0 Å². The van der Waals surface area contributed by atoms with E-state index in [0.717, 1.165) is 17.7 Å². The summed E-state index contributed by atoms with van der Waals surface area (Å²) in [5.74, 6) is 2.88. The zero-order valence-electron chi connectivity index (χ0n) is 9.48. The summed E-state index contributed by atoms with van der Waals surface area (Å²) in [6.45, 7) is 0. The number of thiol groups is 1. The Morgan fingerprint density at radius 2 is 2.25 bits per heavy atom. The lowest BCUT2D eigenvalue weighted by atomic mass is 10.1. The third-order valence-corrected chi connectivity index (χ3v) is 3.55. The van der Waals surface area contributed by atoms with Gasteiger partial charge in [0.25, 0.3) is 0 Å². The molecule has 0 saturated heterocycles. The van der Waals surface area contributed by atoms with E-state index in [1.165, 1.54) is 29.7 Å². The van der Waals surface area contributed by atoms with E-state index in [9.17, 15) is 0 Å². The Labute approximate surface area is 101 Å². The van der Waals surface area contributed by atoms with Gasteiger partial charge in [0, 0.05) is 13.0 Å². The fourth-order valence-corrected chi connectivity index (χ4v) is 2.50. The van der Waals surface area contributed by atoms with Crippen molar-refractivity contribution >= 4 is 23.7 Å². The predicted octanol–water partition coefficient (Wildman–Crippen LogP) is 2.92. The Kier molecular flexibility index (Phi) is 2.43. The smallest absolute Gasteiger partial charge is 0.112 e. The van der Waals surface area contributed by atoms with Gasteiger partial charge in [0.15, 0.2) is 0 Å². The molecule has 1 saturated carbocycles. The van der Waals surface area contributed by atoms with Gasteiger partial charge in [0.2, 0.25) is 0 Å². The van der Waals surface area contributed by atoms with Gasteiger partial charge < -0.3 is 4.57 Å². The molecule has 1 aromatic carbocycles. The molecule has 1 fully saturated rings. The van der Waals surface area contributed by atoms with E-state index in [0.29, 0.717) is 5.92 Å². The molecular weight excluding hydrogens is 216 g/mol. The molecule has 16 heavy (non-hydrogen) atoms. The highest BCUT2D eigenvalue weighted by atomic mass is 32.1. The Hall–Kier alpha value is -0.960. The van der Waals surface area contributed by atoms with Crippen LogP contribution < -0.4 is 0 Å². The van der Waals surface area contributed by atoms with E-state index in [1.807, 2.05) is 0 Å². The van der Waals surface area contributed by atoms with Gasteiger partial charge in [0.05, 0.1) is 11.0 Å². The summed E-state index contributed by atoms with van der Waals surface area (Å²) in [6, 6.07) is 6.56. The van der Waals surface area contributed by atoms with E-state index in [-0.39, 0.29) is 0 Å². The number of imidazole rings is 1. The third kappa shape index (κ3) is 1.63. The van der Waals surface area contributed by atoms with Gasteiger partial charge in [-0.25, -0.2) is 4.98 Å². The summed E-state index contributed by atoms with van der Waals surface area (Å²) in [7, 11) is 2.13. The maximum absolute atomic E-state index is 4.72. The van der Waals surface area contributed by atoms with E-state index < -0.39 is 0 Å². The van der Waals surface area contributed by atoms with Gasteiger partial charge in [-0.3, -0.25) is 0 Å². The van der Waals surface area contributed by atoms with Crippen molar-refractivity contribution in [2.75, 3.05) is 5.75 Å². The molecule has 1 aliphatic carbocycles. The molecular formula is C13H16N2S. The second-order valence-corrected chi connectivity index (χ2v) is 5.05. The van der Waals surface area contributed by atoms with Gasteiger partial charge in [-0.05, 0) is 42.7 Å². The van der Waals surface area contributed by atoms with Crippen molar-refractivity contribution in [3.8, 4) is 0 Å². The highest BCUT2D eigenvalue weighted by molar-refractivity contribution is 7.80. The number of hydrogen-bond acceptors (Lipinski definition) is 2. The standard InChI is InChI=1S/C13H16N2S/c1-15-12-8-9(6-7-16)2-5-11(12)14-13(15)10-3-4-10/h2,5,8,10,16H,3-4,6-7H2,1H3. The minimum absolute atomic E-state index is 0.714. The van der Waals surface area contributed by atoms with Crippen molar-refractivity contribution in [1.82, 2.24) is 9.55 Å². The van der Waals surface area contributed by atoms with Crippen LogP contribution in [0, 0.1) is 0 Å². The Balaban J connectivity index is 2.11. The predicted molar refractivity (Wildman–Crippen MR) is 70.2 cm³/mol. The molecule has 0 amide bonds. The van der Waals surface area contributed by atoms with Crippen LogP contribution in [0.2, 0.25) is 0 Å². The molecule has 1 heterocycles. The molecule has 0 bridgehead atoms. The van der Waals surface area contributed by atoms with Gasteiger partial charge in [0.1, 0.15) is 5.82 Å². The van der Waals surface area contributed by atoms with Crippen LogP contribution >= 0.6 is 12.6 Å². The van der Waals surface area contributed by atoms with Gasteiger partial charge in [-0.1, -0.05) is 6.07 Å². The zero-order valence-corrected chi connectivity index (χ0v) is 10.4. The van der Waals surface area contributed by atoms with E-state index in [4.69, 9.17) is 4.98 Å². The number of fused-ring (bicyclic) bond motifs is 1. The monoisotopic (exact) mass is 232 g/mol. The summed E-state index contributed by atoms with van der Waals surface area (Å²) >= 11 is 4.28. The fraction of sp³-hybridized carbons (Fsp3) is 0.462. The topological polar surface area (TPSA) is 17.8 Å². The maximum atomic E-state index is 4.72. The largest absolute Gasteiger partial charge is 0.331 e. The van der Waals surface area contributed by atoms with Crippen LogP contribution in [0.15, 0.2) is 18.2 Å². The summed E-state index contributed by atoms with van der Waals surface area (Å²) in [4.78, 5) is 4.72. The summed E-state index contributed by atoms with van der Waals surface area (Å²) < 4.78 is 2.26. The van der Waals surface area contributed by atoms with Gasteiger partial charge in [-0.2, -0.15) is 12.6 Å². The van der Waals surface area contributed by atoms with Crippen LogP contribution in [0.5, 0.6) is 0 Å². The average molecular weight is 232 g/mol. The van der Waals surface area contributed by atoms with E-state index in [2.05, 4.69) is 42.4 Å². The van der Waals surface area contributed by atoms with Gasteiger partial charge >= 0.3 is 0 Å². The molecule has 0 N–H and O–H groups in total. The second kappa shape index (κ2) is 3.81. The lowest BCUT2D eigenvalue weighted by Crippen LogP contribution is -1.95. The molecule has 0 spiro atoms. The number of rotatable bonds is 3. The zero-order chi connectivity index (χ0) is 11.1. The number of nitrogens with zero attached hydrogens (tertiary/aromatic N) is 2. The normalized spacial score (nSPS) is 15.9. The van der Waals surface area contributed by atoms with E-state index in [1.54, 1.807) is 0 Å². The first kappa shape index (κ1) is 10.2. The highest BCUT2D eigenvalue weighted by Gasteiger charge is 2.28. The van der Waals surface area contributed by atoms with Crippen LogP contribution in [0.3, 0.4) is 0 Å². The summed E-state index contributed by atoms with van der Waals surface area (Å²) in [5.41, 5.74) is 3.75. The molecule has 1 aromatic heterocycles. The number of hydrogen-bond donors (Lipinski definition) is 1. The average Bonchev–Trinajstić information content (AvgIpc) is 3.07. The minimum atomic E-state index is 0.714.